The molecule has 0 nitrogen and oxygen atoms in total. The number of hydrogen-bond donors (Lipinski definition) is 0. The molecule has 0 fully saturated rings. The van der Waals surface area contributed by atoms with Gasteiger partial charge in [-0.1, -0.05) is 0 Å². The minimum absolute atomic E-state index is 1.30. The SMILES string of the molecule is Cc1ccc([Te](Br)(Br)Br)cc1. The molecule has 1 rings (SSSR count). The maximum atomic E-state index is 3.63. The van der Waals surface area contributed by atoms with Crippen molar-refractivity contribution in [2.24, 2.45) is 0 Å². The summed E-state index contributed by atoms with van der Waals surface area (Å²) in [5, 5.41) is 0. The molecule has 0 aromatic heterocycles. The van der Waals surface area contributed by atoms with Crippen LogP contribution in [0.4, 0.5) is 0 Å². The summed E-state index contributed by atoms with van der Waals surface area (Å²) in [6.45, 7) is 2.09. The number of hydrogen-bond acceptors (Lipinski definition) is 0. The number of benzene rings is 1. The van der Waals surface area contributed by atoms with E-state index in [2.05, 4.69) is 69.5 Å². The molecule has 0 saturated carbocycles. The van der Waals surface area contributed by atoms with Gasteiger partial charge in [-0.15, -0.1) is 0 Å². The Morgan fingerprint density at radius 3 is 1.82 bits per heavy atom. The fourth-order valence-electron chi connectivity index (χ4n) is 0.693. The quantitative estimate of drug-likeness (QED) is 0.567. The Labute approximate surface area is 88.9 Å². The van der Waals surface area contributed by atoms with E-state index < -0.39 is 11.6 Å². The second kappa shape index (κ2) is 4.11. The van der Waals surface area contributed by atoms with Crippen LogP contribution in [0.2, 0.25) is 0 Å². The number of rotatable bonds is 1. The van der Waals surface area contributed by atoms with Gasteiger partial charge in [-0.2, -0.15) is 0 Å². The molecule has 0 aliphatic heterocycles. The molecular formula is C7H7Br3Te. The van der Waals surface area contributed by atoms with E-state index in [9.17, 15) is 0 Å². The fraction of sp³-hybridized carbons (Fsp3) is 0.143. The summed E-state index contributed by atoms with van der Waals surface area (Å²) < 4.78 is 1.35. The molecule has 0 N–H and O–H groups in total. The summed E-state index contributed by atoms with van der Waals surface area (Å²) in [5.74, 6) is 0. The van der Waals surface area contributed by atoms with Crippen LogP contribution in [0.5, 0.6) is 0 Å². The molecule has 1 aromatic rings. The maximum absolute atomic E-state index is 3.63. The van der Waals surface area contributed by atoms with Crippen LogP contribution in [0, 0.1) is 6.92 Å². The molecule has 0 amide bonds. The van der Waals surface area contributed by atoms with Gasteiger partial charge in [-0.3, -0.25) is 0 Å². The first kappa shape index (κ1) is 10.5. The Hall–Kier alpha value is 1.45. The van der Waals surface area contributed by atoms with E-state index in [1.807, 2.05) is 0 Å². The molecule has 0 heterocycles. The van der Waals surface area contributed by atoms with Gasteiger partial charge in [0, 0.05) is 0 Å². The van der Waals surface area contributed by atoms with Crippen molar-refractivity contribution >= 4 is 53.4 Å². The van der Waals surface area contributed by atoms with E-state index in [4.69, 9.17) is 0 Å². The molecule has 0 spiro atoms. The third-order valence-corrected chi connectivity index (χ3v) is 11.1. The summed E-state index contributed by atoms with van der Waals surface area (Å²) in [7, 11) is 0. The molecule has 62 valence electrons. The second-order valence-electron chi connectivity index (χ2n) is 2.22. The third-order valence-electron chi connectivity index (χ3n) is 1.29. The Balaban J connectivity index is 2.99. The monoisotopic (exact) mass is 458 g/mol. The number of halogens is 3. The summed E-state index contributed by atoms with van der Waals surface area (Å²) in [6.07, 6.45) is 0. The van der Waals surface area contributed by atoms with E-state index in [1.165, 1.54) is 9.17 Å². The van der Waals surface area contributed by atoms with E-state index in [0.717, 1.165) is 0 Å². The molecule has 11 heavy (non-hydrogen) atoms. The van der Waals surface area contributed by atoms with Crippen LogP contribution in [-0.4, -0.2) is 11.6 Å². The molecule has 0 atom stereocenters. The molecular weight excluding hydrogens is 451 g/mol. The predicted molar refractivity (Wildman–Crippen MR) is 63.3 cm³/mol. The van der Waals surface area contributed by atoms with Crippen LogP contribution in [0.25, 0.3) is 0 Å². The minimum atomic E-state index is -2.11. The van der Waals surface area contributed by atoms with Gasteiger partial charge in [0.1, 0.15) is 0 Å². The Morgan fingerprint density at radius 2 is 1.45 bits per heavy atom. The van der Waals surface area contributed by atoms with Gasteiger partial charge in [-0.05, 0) is 0 Å². The first-order chi connectivity index (χ1) is 5.00. The van der Waals surface area contributed by atoms with Gasteiger partial charge in [-0.25, -0.2) is 0 Å². The fourth-order valence-corrected chi connectivity index (χ4v) is 6.31. The van der Waals surface area contributed by atoms with Crippen molar-refractivity contribution in [3.63, 3.8) is 0 Å². The van der Waals surface area contributed by atoms with Crippen molar-refractivity contribution in [1.29, 1.82) is 0 Å². The van der Waals surface area contributed by atoms with Crippen LogP contribution in [0.15, 0.2) is 24.3 Å². The van der Waals surface area contributed by atoms with E-state index in [1.54, 1.807) is 0 Å². The average molecular weight is 458 g/mol. The van der Waals surface area contributed by atoms with Gasteiger partial charge in [0.05, 0.1) is 0 Å². The van der Waals surface area contributed by atoms with Crippen molar-refractivity contribution in [2.45, 2.75) is 6.92 Å². The topological polar surface area (TPSA) is 0 Å². The van der Waals surface area contributed by atoms with Crippen molar-refractivity contribution in [3.8, 4) is 0 Å². The Bertz CT molecular complexity index is 237. The predicted octanol–water partition coefficient (Wildman–Crippen LogP) is 3.33. The van der Waals surface area contributed by atoms with Crippen LogP contribution < -0.4 is 3.61 Å². The molecule has 4 heteroatoms. The standard InChI is InChI=1S/C7H7Br3Te/c1-6-2-4-7(5-3-6)11(8,9)10/h2-5H,1H3. The van der Waals surface area contributed by atoms with Crippen LogP contribution in [0.1, 0.15) is 5.56 Å². The van der Waals surface area contributed by atoms with Gasteiger partial charge in [0.2, 0.25) is 0 Å². The zero-order valence-corrected chi connectivity index (χ0v) is 12.9. The summed E-state index contributed by atoms with van der Waals surface area (Å²) in [5.41, 5.74) is 1.30. The van der Waals surface area contributed by atoms with Gasteiger partial charge < -0.3 is 0 Å². The molecule has 0 bridgehead atoms. The van der Waals surface area contributed by atoms with Gasteiger partial charge >= 0.3 is 90.2 Å². The second-order valence-corrected chi connectivity index (χ2v) is 42.9. The molecule has 0 aliphatic carbocycles. The summed E-state index contributed by atoms with van der Waals surface area (Å²) >= 11 is 8.79. The van der Waals surface area contributed by atoms with Gasteiger partial charge in [0.15, 0.2) is 0 Å². The van der Waals surface area contributed by atoms with Crippen molar-refractivity contribution in [1.82, 2.24) is 0 Å². The zero-order chi connectivity index (χ0) is 8.48. The normalized spacial score (nSPS) is 13.1. The van der Waals surface area contributed by atoms with Crippen molar-refractivity contribution in [2.75, 3.05) is 0 Å². The van der Waals surface area contributed by atoms with E-state index in [-0.39, 0.29) is 0 Å². The molecule has 1 aromatic carbocycles. The van der Waals surface area contributed by atoms with Crippen LogP contribution in [-0.2, 0) is 0 Å². The molecule has 0 saturated heterocycles. The van der Waals surface area contributed by atoms with Crippen molar-refractivity contribution in [3.05, 3.63) is 29.8 Å². The summed E-state index contributed by atoms with van der Waals surface area (Å²) in [4.78, 5) is 0. The first-order valence-electron chi connectivity index (χ1n) is 2.99. The van der Waals surface area contributed by atoms with Crippen LogP contribution in [0.3, 0.4) is 0 Å². The number of aryl methyl sites for hydroxylation is 1. The third kappa shape index (κ3) is 3.36. The zero-order valence-electron chi connectivity index (χ0n) is 5.85. The molecule has 0 radical (unpaired) electrons. The molecule has 0 aliphatic rings. The Morgan fingerprint density at radius 1 is 1.00 bits per heavy atom. The Kier molecular flexibility index (Phi) is 3.93. The average Bonchev–Trinajstić information content (AvgIpc) is 1.86. The first-order valence-corrected chi connectivity index (χ1v) is 19.8. The van der Waals surface area contributed by atoms with E-state index in [0.29, 0.717) is 0 Å². The van der Waals surface area contributed by atoms with Gasteiger partial charge in [0.25, 0.3) is 0 Å². The van der Waals surface area contributed by atoms with Crippen LogP contribution >= 0.6 is 38.3 Å². The summed E-state index contributed by atoms with van der Waals surface area (Å²) in [6, 6.07) is 8.54. The van der Waals surface area contributed by atoms with E-state index >= 15 is 0 Å². The molecule has 0 unspecified atom stereocenters. The van der Waals surface area contributed by atoms with Crippen molar-refractivity contribution < 1.29 is 0 Å².